The number of aliphatic hydroxyl groups excluding tert-OH is 1. The quantitative estimate of drug-likeness (QED) is 0.631. The van der Waals surface area contributed by atoms with Crippen molar-refractivity contribution in [1.82, 2.24) is 15.2 Å². The van der Waals surface area contributed by atoms with E-state index in [1.54, 1.807) is 0 Å². The number of hydrogen-bond acceptors (Lipinski definition) is 7. The Balaban J connectivity index is 2.74. The zero-order valence-electron chi connectivity index (χ0n) is 10.9. The lowest BCUT2D eigenvalue weighted by atomic mass is 10.1. The molecule has 0 unspecified atom stereocenters. The molecule has 0 saturated carbocycles. The second kappa shape index (κ2) is 7.65. The van der Waals surface area contributed by atoms with Gasteiger partial charge in [0.05, 0.1) is 7.11 Å². The highest BCUT2D eigenvalue weighted by Gasteiger charge is 2.14. The number of nitrogens with zero attached hydrogens (tertiary/aromatic N) is 3. The average molecular weight is 255 g/mol. The summed E-state index contributed by atoms with van der Waals surface area (Å²) in [6.45, 7) is 2.25. The van der Waals surface area contributed by atoms with E-state index in [9.17, 15) is 0 Å². The van der Waals surface area contributed by atoms with Crippen molar-refractivity contribution in [3.05, 3.63) is 0 Å². The largest absolute Gasteiger partial charge is 0.477 e. The Morgan fingerprint density at radius 3 is 2.78 bits per heavy atom. The van der Waals surface area contributed by atoms with Gasteiger partial charge in [-0.3, -0.25) is 0 Å². The summed E-state index contributed by atoms with van der Waals surface area (Å²) in [7, 11) is 1.50. The topological polar surface area (TPSA) is 106 Å². The normalized spacial score (nSPS) is 12.2. The Kier molecular flexibility index (Phi) is 6.13. The van der Waals surface area contributed by atoms with E-state index >= 15 is 0 Å². The smallest absolute Gasteiger partial charge is 0.276 e. The molecule has 7 heteroatoms. The van der Waals surface area contributed by atoms with Crippen molar-refractivity contribution in [1.29, 1.82) is 0 Å². The number of nitrogen functional groups attached to an aromatic ring is 1. The van der Waals surface area contributed by atoms with E-state index in [0.717, 1.165) is 19.3 Å². The molecule has 0 aromatic carbocycles. The highest BCUT2D eigenvalue weighted by atomic mass is 16.5. The molecule has 1 aromatic rings. The van der Waals surface area contributed by atoms with Gasteiger partial charge in [0.2, 0.25) is 5.95 Å². The lowest BCUT2D eigenvalue weighted by molar-refractivity contribution is 0.275. The summed E-state index contributed by atoms with van der Waals surface area (Å²) in [5, 5.41) is 19.7. The molecule has 1 aromatic heterocycles. The van der Waals surface area contributed by atoms with Crippen molar-refractivity contribution in [2.45, 2.75) is 38.6 Å². The van der Waals surface area contributed by atoms with Gasteiger partial charge < -0.3 is 20.9 Å². The van der Waals surface area contributed by atoms with Crippen LogP contribution in [-0.2, 0) is 0 Å². The van der Waals surface area contributed by atoms with Gasteiger partial charge in [-0.1, -0.05) is 19.8 Å². The molecule has 1 atom stereocenters. The van der Waals surface area contributed by atoms with Gasteiger partial charge >= 0.3 is 0 Å². The van der Waals surface area contributed by atoms with Crippen LogP contribution in [0.2, 0.25) is 0 Å². The fourth-order valence-corrected chi connectivity index (χ4v) is 1.65. The summed E-state index contributed by atoms with van der Waals surface area (Å²) in [5.41, 5.74) is 5.50. The monoisotopic (exact) mass is 255 g/mol. The Morgan fingerprint density at radius 1 is 1.39 bits per heavy atom. The van der Waals surface area contributed by atoms with Crippen molar-refractivity contribution in [2.75, 3.05) is 24.8 Å². The number of methoxy groups -OCH3 is 1. The Labute approximate surface area is 107 Å². The maximum Gasteiger partial charge on any atom is 0.276 e. The van der Waals surface area contributed by atoms with Crippen molar-refractivity contribution < 1.29 is 9.84 Å². The highest BCUT2D eigenvalue weighted by molar-refractivity contribution is 5.47. The first-order valence-electron chi connectivity index (χ1n) is 6.12. The van der Waals surface area contributed by atoms with E-state index in [-0.39, 0.29) is 18.6 Å². The van der Waals surface area contributed by atoms with E-state index in [1.807, 2.05) is 0 Å². The number of unbranched alkanes of at least 4 members (excludes halogenated alkanes) is 1. The van der Waals surface area contributed by atoms with Gasteiger partial charge in [-0.15, -0.1) is 10.2 Å². The molecular weight excluding hydrogens is 234 g/mol. The van der Waals surface area contributed by atoms with Crippen LogP contribution >= 0.6 is 0 Å². The summed E-state index contributed by atoms with van der Waals surface area (Å²) in [5.74, 6) is 0.875. The van der Waals surface area contributed by atoms with E-state index < -0.39 is 0 Å². The van der Waals surface area contributed by atoms with Crippen LogP contribution in [0.1, 0.15) is 32.6 Å². The summed E-state index contributed by atoms with van der Waals surface area (Å²) >= 11 is 0. The summed E-state index contributed by atoms with van der Waals surface area (Å²) in [4.78, 5) is 4.06. The highest BCUT2D eigenvalue weighted by Crippen LogP contribution is 2.20. The fourth-order valence-electron chi connectivity index (χ4n) is 1.65. The first-order valence-corrected chi connectivity index (χ1v) is 6.12. The van der Waals surface area contributed by atoms with Crippen molar-refractivity contribution in [3.8, 4) is 5.88 Å². The molecule has 102 valence electrons. The molecule has 1 rings (SSSR count). The molecule has 0 radical (unpaired) electrons. The first kappa shape index (κ1) is 14.4. The molecular formula is C11H21N5O2. The Morgan fingerprint density at radius 2 is 2.17 bits per heavy atom. The minimum atomic E-state index is 0.0940. The maximum atomic E-state index is 9.05. The van der Waals surface area contributed by atoms with Crippen LogP contribution < -0.4 is 15.8 Å². The number of rotatable bonds is 8. The van der Waals surface area contributed by atoms with Gasteiger partial charge in [0, 0.05) is 12.6 Å². The van der Waals surface area contributed by atoms with Crippen LogP contribution in [0.3, 0.4) is 0 Å². The Bertz CT molecular complexity index is 361. The lowest BCUT2D eigenvalue weighted by Gasteiger charge is -2.18. The standard InChI is InChI=1S/C11H21N5O2/c1-3-4-5-8(6-7-17)13-9-10(18-2)15-16-11(12)14-9/h8,17H,3-7H2,1-2H3,(H3,12,13,14,16)/t8-/m0/s1. The summed E-state index contributed by atoms with van der Waals surface area (Å²) < 4.78 is 5.07. The predicted octanol–water partition coefficient (Wildman–Crippen LogP) is 0.815. The second-order valence-electron chi connectivity index (χ2n) is 4.02. The number of nitrogens with one attached hydrogen (secondary N) is 1. The molecule has 0 aliphatic heterocycles. The molecule has 0 aliphatic rings. The number of ether oxygens (including phenoxy) is 1. The summed E-state index contributed by atoms with van der Waals surface area (Å²) in [6, 6.07) is 0.125. The van der Waals surface area contributed by atoms with Crippen LogP contribution in [0, 0.1) is 0 Å². The van der Waals surface area contributed by atoms with E-state index in [1.165, 1.54) is 7.11 Å². The van der Waals surface area contributed by atoms with Gasteiger partial charge in [0.25, 0.3) is 5.88 Å². The minimum absolute atomic E-state index is 0.0940. The van der Waals surface area contributed by atoms with E-state index in [0.29, 0.717) is 18.1 Å². The number of anilines is 2. The van der Waals surface area contributed by atoms with Crippen LogP contribution in [0.4, 0.5) is 11.8 Å². The summed E-state index contributed by atoms with van der Waals surface area (Å²) in [6.07, 6.45) is 3.77. The van der Waals surface area contributed by atoms with Gasteiger partial charge in [-0.05, 0) is 12.8 Å². The third kappa shape index (κ3) is 4.33. The Hall–Kier alpha value is -1.63. The van der Waals surface area contributed by atoms with E-state index in [4.69, 9.17) is 15.6 Å². The second-order valence-corrected chi connectivity index (χ2v) is 4.02. The van der Waals surface area contributed by atoms with Crippen LogP contribution in [0.5, 0.6) is 5.88 Å². The minimum Gasteiger partial charge on any atom is -0.477 e. The molecule has 4 N–H and O–H groups in total. The SMILES string of the molecule is CCCC[C@@H](CCO)Nc1nc(N)nnc1OC. The van der Waals surface area contributed by atoms with E-state index in [2.05, 4.69) is 27.4 Å². The third-order valence-electron chi connectivity index (χ3n) is 2.59. The zero-order chi connectivity index (χ0) is 13.4. The third-order valence-corrected chi connectivity index (χ3v) is 2.59. The molecule has 1 heterocycles. The molecule has 0 spiro atoms. The van der Waals surface area contributed by atoms with Crippen LogP contribution in [0.15, 0.2) is 0 Å². The van der Waals surface area contributed by atoms with Gasteiger partial charge in [-0.25, -0.2) is 0 Å². The zero-order valence-corrected chi connectivity index (χ0v) is 10.9. The van der Waals surface area contributed by atoms with Crippen LogP contribution in [-0.4, -0.2) is 40.0 Å². The van der Waals surface area contributed by atoms with Crippen molar-refractivity contribution in [3.63, 3.8) is 0 Å². The number of nitrogens with two attached hydrogens (primary N) is 1. The fraction of sp³-hybridized carbons (Fsp3) is 0.727. The molecule has 7 nitrogen and oxygen atoms in total. The predicted molar refractivity (Wildman–Crippen MR) is 69.4 cm³/mol. The average Bonchev–Trinajstić information content (AvgIpc) is 2.36. The number of hydrogen-bond donors (Lipinski definition) is 3. The van der Waals surface area contributed by atoms with Gasteiger partial charge in [-0.2, -0.15) is 4.98 Å². The molecule has 0 aliphatic carbocycles. The molecule has 0 fully saturated rings. The number of aliphatic hydroxyl groups is 1. The molecule has 0 amide bonds. The first-order chi connectivity index (χ1) is 8.71. The van der Waals surface area contributed by atoms with Crippen LogP contribution in [0.25, 0.3) is 0 Å². The van der Waals surface area contributed by atoms with Gasteiger partial charge in [0.1, 0.15) is 0 Å². The molecule has 0 saturated heterocycles. The van der Waals surface area contributed by atoms with Gasteiger partial charge in [0.15, 0.2) is 5.82 Å². The van der Waals surface area contributed by atoms with Crippen molar-refractivity contribution in [2.24, 2.45) is 0 Å². The van der Waals surface area contributed by atoms with Crippen molar-refractivity contribution >= 4 is 11.8 Å². The molecule has 18 heavy (non-hydrogen) atoms. The lowest BCUT2D eigenvalue weighted by Crippen LogP contribution is -2.22. The maximum absolute atomic E-state index is 9.05. The molecule has 0 bridgehead atoms. The number of aromatic nitrogens is 3.